The van der Waals surface area contributed by atoms with E-state index in [9.17, 15) is 24.5 Å². The van der Waals surface area contributed by atoms with Gasteiger partial charge >= 0.3 is 17.9 Å². The van der Waals surface area contributed by atoms with Gasteiger partial charge in [0.25, 0.3) is 5.69 Å². The van der Waals surface area contributed by atoms with Gasteiger partial charge in [-0.3, -0.25) is 14.9 Å². The number of hydrogen-bond acceptors (Lipinski definition) is 8. The minimum atomic E-state index is -0.971. The van der Waals surface area contributed by atoms with Crippen molar-refractivity contribution in [2.24, 2.45) is 5.92 Å². The molecule has 1 unspecified atom stereocenters. The molecule has 0 aliphatic heterocycles. The molecule has 210 valence electrons. The van der Waals surface area contributed by atoms with Gasteiger partial charge in [-0.25, -0.2) is 9.59 Å². The van der Waals surface area contributed by atoms with Gasteiger partial charge in [0.15, 0.2) is 0 Å². The van der Waals surface area contributed by atoms with E-state index in [1.54, 1.807) is 77.1 Å². The van der Waals surface area contributed by atoms with Crippen LogP contribution in [-0.4, -0.2) is 28.4 Å². The summed E-state index contributed by atoms with van der Waals surface area (Å²) in [4.78, 5) is 49.5. The van der Waals surface area contributed by atoms with Crippen molar-refractivity contribution in [2.45, 2.75) is 60.0 Å². The standard InChI is InChI=1S/C31H34N2O7/c1-7-10-20(3)28(34)39-29(35)25-18-13-19(2)27(33(37)38)26(25)32-22-16-14-21(15-17-22)23-11-8-9-12-24(23)30(36)40-31(4,5)6/h8-9,11-18,20,32H,7,10H2,1-6H3. The van der Waals surface area contributed by atoms with Gasteiger partial charge in [0, 0.05) is 11.3 Å². The zero-order valence-corrected chi connectivity index (χ0v) is 23.6. The fourth-order valence-corrected chi connectivity index (χ4v) is 4.15. The number of ether oxygens (including phenoxy) is 2. The number of hydrogen-bond donors (Lipinski definition) is 1. The normalized spacial score (nSPS) is 11.8. The third-order valence-corrected chi connectivity index (χ3v) is 6.11. The molecule has 1 atom stereocenters. The molecule has 0 spiro atoms. The maximum absolute atomic E-state index is 13.0. The molecule has 0 fully saturated rings. The highest BCUT2D eigenvalue weighted by molar-refractivity contribution is 6.04. The lowest BCUT2D eigenvalue weighted by molar-refractivity contribution is -0.384. The Morgan fingerprint density at radius 3 is 2.20 bits per heavy atom. The number of rotatable bonds is 9. The number of esters is 3. The highest BCUT2D eigenvalue weighted by Crippen LogP contribution is 2.36. The van der Waals surface area contributed by atoms with Gasteiger partial charge in [0.1, 0.15) is 11.3 Å². The molecule has 0 heterocycles. The molecule has 0 bridgehead atoms. The third-order valence-electron chi connectivity index (χ3n) is 6.11. The number of nitro groups is 1. The second-order valence-electron chi connectivity index (χ2n) is 10.6. The minimum Gasteiger partial charge on any atom is -0.456 e. The lowest BCUT2D eigenvalue weighted by Crippen LogP contribution is -2.24. The predicted molar refractivity (Wildman–Crippen MR) is 153 cm³/mol. The third kappa shape index (κ3) is 7.31. The van der Waals surface area contributed by atoms with E-state index >= 15 is 0 Å². The highest BCUT2D eigenvalue weighted by Gasteiger charge is 2.28. The monoisotopic (exact) mass is 546 g/mol. The summed E-state index contributed by atoms with van der Waals surface area (Å²) in [6.45, 7) is 10.5. The molecule has 3 rings (SSSR count). The summed E-state index contributed by atoms with van der Waals surface area (Å²) < 4.78 is 10.6. The fourth-order valence-electron chi connectivity index (χ4n) is 4.15. The number of carbonyl (C=O) groups is 3. The van der Waals surface area contributed by atoms with Crippen LogP contribution in [0.4, 0.5) is 17.1 Å². The molecular weight excluding hydrogens is 512 g/mol. The van der Waals surface area contributed by atoms with Gasteiger partial charge < -0.3 is 14.8 Å². The van der Waals surface area contributed by atoms with E-state index < -0.39 is 34.4 Å². The lowest BCUT2D eigenvalue weighted by Gasteiger charge is -2.20. The smallest absolute Gasteiger partial charge is 0.348 e. The summed E-state index contributed by atoms with van der Waals surface area (Å²) in [6, 6.07) is 16.8. The van der Waals surface area contributed by atoms with E-state index in [4.69, 9.17) is 9.47 Å². The van der Waals surface area contributed by atoms with Gasteiger partial charge in [0.2, 0.25) is 0 Å². The number of nitrogens with zero attached hydrogens (tertiary/aromatic N) is 1. The maximum Gasteiger partial charge on any atom is 0.348 e. The van der Waals surface area contributed by atoms with Crippen LogP contribution in [0.2, 0.25) is 0 Å². The summed E-state index contributed by atoms with van der Waals surface area (Å²) in [7, 11) is 0. The number of benzene rings is 3. The van der Waals surface area contributed by atoms with Crippen LogP contribution in [0.25, 0.3) is 11.1 Å². The zero-order chi connectivity index (χ0) is 29.6. The Labute approximate surface area is 233 Å². The van der Waals surface area contributed by atoms with Crippen molar-refractivity contribution in [3.05, 3.63) is 87.5 Å². The van der Waals surface area contributed by atoms with Gasteiger partial charge in [-0.05, 0) is 69.5 Å². The second-order valence-corrected chi connectivity index (χ2v) is 10.6. The number of nitro benzene ring substituents is 1. The van der Waals surface area contributed by atoms with Crippen LogP contribution in [0.5, 0.6) is 0 Å². The van der Waals surface area contributed by atoms with Crippen LogP contribution >= 0.6 is 0 Å². The van der Waals surface area contributed by atoms with Crippen LogP contribution in [0.15, 0.2) is 60.7 Å². The Kier molecular flexibility index (Phi) is 9.42. The Morgan fingerprint density at radius 2 is 1.60 bits per heavy atom. The van der Waals surface area contributed by atoms with Crippen molar-refractivity contribution in [1.29, 1.82) is 0 Å². The van der Waals surface area contributed by atoms with Gasteiger partial charge in [-0.15, -0.1) is 0 Å². The topological polar surface area (TPSA) is 125 Å². The quantitative estimate of drug-likeness (QED) is 0.127. The predicted octanol–water partition coefficient (Wildman–Crippen LogP) is 7.39. The largest absolute Gasteiger partial charge is 0.456 e. The molecule has 0 amide bonds. The fraction of sp³-hybridized carbons (Fsp3) is 0.323. The Balaban J connectivity index is 1.96. The molecule has 0 aromatic heterocycles. The van der Waals surface area contributed by atoms with E-state index in [0.29, 0.717) is 28.8 Å². The lowest BCUT2D eigenvalue weighted by atomic mass is 9.99. The Bertz CT molecular complexity index is 1420. The molecule has 40 heavy (non-hydrogen) atoms. The summed E-state index contributed by atoms with van der Waals surface area (Å²) >= 11 is 0. The van der Waals surface area contributed by atoms with Crippen molar-refractivity contribution in [3.8, 4) is 11.1 Å². The minimum absolute atomic E-state index is 0.0761. The number of nitrogens with one attached hydrogen (secondary N) is 1. The van der Waals surface area contributed by atoms with E-state index in [2.05, 4.69) is 5.32 Å². The van der Waals surface area contributed by atoms with E-state index in [-0.39, 0.29) is 16.9 Å². The van der Waals surface area contributed by atoms with Gasteiger partial charge in [-0.2, -0.15) is 0 Å². The summed E-state index contributed by atoms with van der Waals surface area (Å²) in [5, 5.41) is 14.9. The second kappa shape index (κ2) is 12.5. The van der Waals surface area contributed by atoms with Crippen LogP contribution in [-0.2, 0) is 14.3 Å². The number of carbonyl (C=O) groups excluding carboxylic acids is 3. The molecular formula is C31H34N2O7. The first-order valence-corrected chi connectivity index (χ1v) is 13.1. The van der Waals surface area contributed by atoms with Crippen molar-refractivity contribution in [2.75, 3.05) is 5.32 Å². The molecule has 9 nitrogen and oxygen atoms in total. The summed E-state index contributed by atoms with van der Waals surface area (Å²) in [5.41, 5.74) is 1.40. The average Bonchev–Trinajstić information content (AvgIpc) is 2.88. The summed E-state index contributed by atoms with van der Waals surface area (Å²) in [5.74, 6) is -2.59. The molecule has 0 radical (unpaired) electrons. The average molecular weight is 547 g/mol. The van der Waals surface area contributed by atoms with Crippen molar-refractivity contribution in [1.82, 2.24) is 0 Å². The molecule has 1 N–H and O–H groups in total. The van der Waals surface area contributed by atoms with Crippen molar-refractivity contribution in [3.63, 3.8) is 0 Å². The molecule has 0 aliphatic carbocycles. The molecule has 0 aliphatic rings. The Morgan fingerprint density at radius 1 is 0.950 bits per heavy atom. The summed E-state index contributed by atoms with van der Waals surface area (Å²) in [6.07, 6.45) is 1.29. The Hall–Kier alpha value is -4.53. The zero-order valence-electron chi connectivity index (χ0n) is 23.6. The van der Waals surface area contributed by atoms with Gasteiger partial charge in [-0.1, -0.05) is 56.7 Å². The highest BCUT2D eigenvalue weighted by atomic mass is 16.6. The maximum atomic E-state index is 13.0. The van der Waals surface area contributed by atoms with E-state index in [1.165, 1.54) is 12.1 Å². The SMILES string of the molecule is CCCC(C)C(=O)OC(=O)c1ccc(C)c([N+](=O)[O-])c1Nc1ccc(-c2ccccc2C(=O)OC(C)(C)C)cc1. The molecule has 0 saturated heterocycles. The van der Waals surface area contributed by atoms with Crippen LogP contribution < -0.4 is 5.32 Å². The molecule has 3 aromatic carbocycles. The van der Waals surface area contributed by atoms with E-state index in [1.807, 2.05) is 13.0 Å². The first-order valence-electron chi connectivity index (χ1n) is 13.1. The van der Waals surface area contributed by atoms with Crippen molar-refractivity contribution >= 4 is 35.0 Å². The number of aryl methyl sites for hydroxylation is 1. The first-order chi connectivity index (χ1) is 18.8. The first kappa shape index (κ1) is 30.0. The molecule has 9 heteroatoms. The van der Waals surface area contributed by atoms with Crippen LogP contribution in [0.3, 0.4) is 0 Å². The van der Waals surface area contributed by atoms with Crippen LogP contribution in [0, 0.1) is 23.0 Å². The molecule has 0 saturated carbocycles. The van der Waals surface area contributed by atoms with Gasteiger partial charge in [0.05, 0.1) is 22.0 Å². The van der Waals surface area contributed by atoms with E-state index in [0.717, 1.165) is 12.0 Å². The van der Waals surface area contributed by atoms with Crippen molar-refractivity contribution < 1.29 is 28.8 Å². The molecule has 3 aromatic rings. The number of anilines is 2. The van der Waals surface area contributed by atoms with Crippen LogP contribution in [0.1, 0.15) is 73.7 Å².